The third kappa shape index (κ3) is 3.41. The summed E-state index contributed by atoms with van der Waals surface area (Å²) in [6, 6.07) is 3.07. The highest BCUT2D eigenvalue weighted by Crippen LogP contribution is 2.02. The normalized spacial score (nSPS) is 16.5. The zero-order valence-corrected chi connectivity index (χ0v) is 10.5. The third-order valence-electron chi connectivity index (χ3n) is 2.95. The van der Waals surface area contributed by atoms with Crippen LogP contribution in [0.1, 0.15) is 0 Å². The van der Waals surface area contributed by atoms with Gasteiger partial charge in [0.2, 0.25) is 11.5 Å². The zero-order chi connectivity index (χ0) is 13.0. The first-order valence-electron chi connectivity index (χ1n) is 6.05. The summed E-state index contributed by atoms with van der Waals surface area (Å²) in [7, 11) is 1.66. The third-order valence-corrected chi connectivity index (χ3v) is 2.95. The molecule has 1 fully saturated rings. The maximum absolute atomic E-state index is 11.8. The molecular weight excluding hydrogens is 232 g/mol. The molecule has 6 nitrogen and oxygen atoms in total. The van der Waals surface area contributed by atoms with Gasteiger partial charge in [-0.1, -0.05) is 0 Å². The number of amides is 1. The van der Waals surface area contributed by atoms with Gasteiger partial charge in [0.05, 0.1) is 12.2 Å². The second kappa shape index (κ2) is 5.79. The second-order valence-corrected chi connectivity index (χ2v) is 4.44. The van der Waals surface area contributed by atoms with E-state index in [9.17, 15) is 9.59 Å². The number of pyridine rings is 1. The van der Waals surface area contributed by atoms with E-state index in [1.54, 1.807) is 19.3 Å². The van der Waals surface area contributed by atoms with Gasteiger partial charge in [0.15, 0.2) is 0 Å². The van der Waals surface area contributed by atoms with Crippen molar-refractivity contribution in [1.29, 1.82) is 0 Å². The van der Waals surface area contributed by atoms with Crippen molar-refractivity contribution in [2.45, 2.75) is 0 Å². The van der Waals surface area contributed by atoms with Crippen molar-refractivity contribution in [3.05, 3.63) is 28.7 Å². The van der Waals surface area contributed by atoms with Gasteiger partial charge in [0.1, 0.15) is 0 Å². The molecule has 0 spiro atoms. The van der Waals surface area contributed by atoms with Crippen LogP contribution in [-0.4, -0.2) is 48.1 Å². The Morgan fingerprint density at radius 1 is 1.39 bits per heavy atom. The molecule has 1 saturated heterocycles. The predicted molar refractivity (Wildman–Crippen MR) is 69.6 cm³/mol. The number of carbonyl (C=O) groups excluding carboxylic acids is 1. The fraction of sp³-hybridized carbons (Fsp3) is 0.500. The highest BCUT2D eigenvalue weighted by molar-refractivity contribution is 5.92. The number of nitrogens with zero attached hydrogens (tertiary/aromatic N) is 2. The van der Waals surface area contributed by atoms with E-state index in [-0.39, 0.29) is 11.5 Å². The van der Waals surface area contributed by atoms with Crippen LogP contribution in [0.2, 0.25) is 0 Å². The molecule has 0 unspecified atom stereocenters. The number of aromatic nitrogens is 1. The van der Waals surface area contributed by atoms with Crippen LogP contribution in [0, 0.1) is 0 Å². The maximum Gasteiger partial charge on any atom is 0.250 e. The van der Waals surface area contributed by atoms with E-state index in [1.807, 2.05) is 0 Å². The number of rotatable bonds is 3. The standard InChI is InChI=1S/C12H18N4O2/c1-15-8-10(2-3-12(15)18)14-11(17)9-16-6-4-13-5-7-16/h2-3,8,13H,4-7,9H2,1H3,(H,14,17). The molecule has 1 aromatic rings. The molecule has 2 heterocycles. The topological polar surface area (TPSA) is 66.4 Å². The number of hydrogen-bond donors (Lipinski definition) is 2. The number of hydrogen-bond acceptors (Lipinski definition) is 4. The molecule has 1 aliphatic heterocycles. The van der Waals surface area contributed by atoms with Gasteiger partial charge in [-0.2, -0.15) is 0 Å². The summed E-state index contributed by atoms with van der Waals surface area (Å²) < 4.78 is 1.44. The minimum atomic E-state index is -0.0879. The second-order valence-electron chi connectivity index (χ2n) is 4.44. The van der Waals surface area contributed by atoms with Gasteiger partial charge in [-0.3, -0.25) is 14.5 Å². The van der Waals surface area contributed by atoms with Crippen LogP contribution in [0.5, 0.6) is 0 Å². The largest absolute Gasteiger partial charge is 0.324 e. The van der Waals surface area contributed by atoms with Crippen molar-refractivity contribution in [2.24, 2.45) is 7.05 Å². The van der Waals surface area contributed by atoms with Crippen LogP contribution in [0.25, 0.3) is 0 Å². The van der Waals surface area contributed by atoms with E-state index in [0.29, 0.717) is 12.2 Å². The molecule has 2 rings (SSSR count). The lowest BCUT2D eigenvalue weighted by Crippen LogP contribution is -2.46. The Morgan fingerprint density at radius 3 is 2.78 bits per heavy atom. The lowest BCUT2D eigenvalue weighted by Gasteiger charge is -2.26. The smallest absolute Gasteiger partial charge is 0.250 e. The number of anilines is 1. The molecule has 0 aliphatic carbocycles. The Kier molecular flexibility index (Phi) is 4.11. The van der Waals surface area contributed by atoms with Crippen molar-refractivity contribution in [3.8, 4) is 0 Å². The number of nitrogens with one attached hydrogen (secondary N) is 2. The van der Waals surface area contributed by atoms with Crippen LogP contribution in [0.3, 0.4) is 0 Å². The SMILES string of the molecule is Cn1cc(NC(=O)CN2CCNCC2)ccc1=O. The van der Waals surface area contributed by atoms with E-state index in [2.05, 4.69) is 15.5 Å². The molecule has 1 aliphatic rings. The Labute approximate surface area is 106 Å². The molecule has 98 valence electrons. The monoisotopic (exact) mass is 250 g/mol. The van der Waals surface area contributed by atoms with Gasteiger partial charge in [-0.15, -0.1) is 0 Å². The molecule has 1 amide bonds. The summed E-state index contributed by atoms with van der Waals surface area (Å²) >= 11 is 0. The highest BCUT2D eigenvalue weighted by Gasteiger charge is 2.13. The summed E-state index contributed by atoms with van der Waals surface area (Å²) in [5.41, 5.74) is 0.562. The van der Waals surface area contributed by atoms with E-state index in [0.717, 1.165) is 26.2 Å². The molecule has 0 radical (unpaired) electrons. The van der Waals surface area contributed by atoms with Crippen molar-refractivity contribution >= 4 is 11.6 Å². The number of piperazine rings is 1. The number of carbonyl (C=O) groups is 1. The Morgan fingerprint density at radius 2 is 2.11 bits per heavy atom. The van der Waals surface area contributed by atoms with Gasteiger partial charge in [0.25, 0.3) is 0 Å². The molecular formula is C12H18N4O2. The highest BCUT2D eigenvalue weighted by atomic mass is 16.2. The average molecular weight is 250 g/mol. The van der Waals surface area contributed by atoms with Crippen LogP contribution < -0.4 is 16.2 Å². The van der Waals surface area contributed by atoms with Gasteiger partial charge in [0, 0.05) is 45.5 Å². The van der Waals surface area contributed by atoms with Gasteiger partial charge in [-0.25, -0.2) is 0 Å². The minimum Gasteiger partial charge on any atom is -0.324 e. The molecule has 1 aromatic heterocycles. The zero-order valence-electron chi connectivity index (χ0n) is 10.5. The van der Waals surface area contributed by atoms with Crippen LogP contribution >= 0.6 is 0 Å². The Bertz CT molecular complexity index is 477. The number of aryl methyl sites for hydroxylation is 1. The minimum absolute atomic E-state index is 0.0458. The quantitative estimate of drug-likeness (QED) is 0.739. The van der Waals surface area contributed by atoms with Gasteiger partial charge >= 0.3 is 0 Å². The van der Waals surface area contributed by atoms with Crippen LogP contribution in [-0.2, 0) is 11.8 Å². The summed E-state index contributed by atoms with van der Waals surface area (Å²) in [5.74, 6) is -0.0458. The maximum atomic E-state index is 11.8. The van der Waals surface area contributed by atoms with E-state index >= 15 is 0 Å². The van der Waals surface area contributed by atoms with E-state index < -0.39 is 0 Å². The molecule has 0 atom stereocenters. The lowest BCUT2D eigenvalue weighted by molar-refractivity contribution is -0.117. The fourth-order valence-corrected chi connectivity index (χ4v) is 1.94. The summed E-state index contributed by atoms with van der Waals surface area (Å²) in [6.45, 7) is 4.02. The first-order valence-corrected chi connectivity index (χ1v) is 6.05. The van der Waals surface area contributed by atoms with Crippen molar-refractivity contribution in [2.75, 3.05) is 38.0 Å². The average Bonchev–Trinajstić information content (AvgIpc) is 2.35. The van der Waals surface area contributed by atoms with Crippen molar-refractivity contribution in [1.82, 2.24) is 14.8 Å². The molecule has 0 bridgehead atoms. The summed E-state index contributed by atoms with van der Waals surface area (Å²) in [5, 5.41) is 6.04. The Balaban J connectivity index is 1.90. The molecule has 6 heteroatoms. The van der Waals surface area contributed by atoms with E-state index in [1.165, 1.54) is 10.6 Å². The molecule has 2 N–H and O–H groups in total. The molecule has 18 heavy (non-hydrogen) atoms. The van der Waals surface area contributed by atoms with E-state index in [4.69, 9.17) is 0 Å². The first-order chi connectivity index (χ1) is 8.65. The first kappa shape index (κ1) is 12.8. The lowest BCUT2D eigenvalue weighted by atomic mass is 10.3. The van der Waals surface area contributed by atoms with Crippen molar-refractivity contribution in [3.63, 3.8) is 0 Å². The Hall–Kier alpha value is -1.66. The summed E-state index contributed by atoms with van der Waals surface area (Å²) in [4.78, 5) is 25.1. The summed E-state index contributed by atoms with van der Waals surface area (Å²) in [6.07, 6.45) is 1.62. The van der Waals surface area contributed by atoms with Gasteiger partial charge < -0.3 is 15.2 Å². The van der Waals surface area contributed by atoms with Gasteiger partial charge in [-0.05, 0) is 6.07 Å². The predicted octanol–water partition coefficient (Wildman–Crippen LogP) is -0.771. The molecule has 0 saturated carbocycles. The van der Waals surface area contributed by atoms with Crippen molar-refractivity contribution < 1.29 is 4.79 Å². The van der Waals surface area contributed by atoms with Crippen LogP contribution in [0.15, 0.2) is 23.1 Å². The molecule has 0 aromatic carbocycles. The fourth-order valence-electron chi connectivity index (χ4n) is 1.94. The van der Waals surface area contributed by atoms with Crippen LogP contribution in [0.4, 0.5) is 5.69 Å².